The molecule has 0 radical (unpaired) electrons. The summed E-state index contributed by atoms with van der Waals surface area (Å²) in [5.41, 5.74) is 3.78. The van der Waals surface area contributed by atoms with Gasteiger partial charge in [0.2, 0.25) is 0 Å². The summed E-state index contributed by atoms with van der Waals surface area (Å²) in [7, 11) is 0. The molecule has 7 aromatic rings. The van der Waals surface area contributed by atoms with Crippen LogP contribution in [0.4, 0.5) is 0 Å². The van der Waals surface area contributed by atoms with E-state index < -0.39 is 0 Å². The predicted octanol–water partition coefficient (Wildman–Crippen LogP) is 7.08. The van der Waals surface area contributed by atoms with Gasteiger partial charge in [0.1, 0.15) is 0 Å². The number of benzene rings is 5. The van der Waals surface area contributed by atoms with Crippen LogP contribution >= 0.6 is 0 Å². The Labute approximate surface area is 184 Å². The predicted molar refractivity (Wildman–Crippen MR) is 133 cm³/mol. The molecule has 146 valence electrons. The summed E-state index contributed by atoms with van der Waals surface area (Å²) < 4.78 is 0. The lowest BCUT2D eigenvalue weighted by molar-refractivity contribution is 1.36. The largest absolute Gasteiger partial charge is 0.254 e. The Hall–Kier alpha value is -4.48. The lowest BCUT2D eigenvalue weighted by Crippen LogP contribution is -1.88. The molecule has 0 bridgehead atoms. The lowest BCUT2D eigenvalue weighted by Gasteiger charge is -2.11. The molecule has 0 N–H and O–H groups in total. The normalized spacial score (nSPS) is 11.5. The van der Waals surface area contributed by atoms with Crippen molar-refractivity contribution in [1.82, 2.24) is 9.97 Å². The quantitative estimate of drug-likeness (QED) is 0.199. The second-order valence-corrected chi connectivity index (χ2v) is 8.16. The van der Waals surface area contributed by atoms with Crippen molar-refractivity contribution in [3.8, 4) is 11.8 Å². The van der Waals surface area contributed by atoms with Crippen molar-refractivity contribution in [3.63, 3.8) is 0 Å². The smallest absolute Gasteiger partial charge is 0.0965 e. The molecule has 32 heavy (non-hydrogen) atoms. The van der Waals surface area contributed by atoms with Crippen LogP contribution in [-0.2, 0) is 0 Å². The number of fused-ring (bicyclic) bond motifs is 3. The van der Waals surface area contributed by atoms with Gasteiger partial charge >= 0.3 is 0 Å². The van der Waals surface area contributed by atoms with E-state index in [1.54, 1.807) is 0 Å². The molecule has 0 unspecified atom stereocenters. The van der Waals surface area contributed by atoms with Crippen molar-refractivity contribution in [1.29, 1.82) is 0 Å². The van der Waals surface area contributed by atoms with Crippen molar-refractivity contribution in [2.75, 3.05) is 0 Å². The number of hydrogen-bond donors (Lipinski definition) is 0. The van der Waals surface area contributed by atoms with Gasteiger partial charge in [-0.1, -0.05) is 78.6 Å². The summed E-state index contributed by atoms with van der Waals surface area (Å²) in [4.78, 5) is 9.19. The fourth-order valence-corrected chi connectivity index (χ4v) is 4.79. The highest BCUT2D eigenvalue weighted by molar-refractivity contribution is 6.23. The summed E-state index contributed by atoms with van der Waals surface area (Å²) in [6.45, 7) is 0. The van der Waals surface area contributed by atoms with E-state index in [9.17, 15) is 0 Å². The van der Waals surface area contributed by atoms with E-state index in [2.05, 4.69) is 101 Å². The summed E-state index contributed by atoms with van der Waals surface area (Å²) in [6, 6.07) is 29.9. The average Bonchev–Trinajstić information content (AvgIpc) is 2.86. The molecule has 7 rings (SSSR count). The van der Waals surface area contributed by atoms with Gasteiger partial charge in [-0.3, -0.25) is 9.97 Å². The second-order valence-electron chi connectivity index (χ2n) is 8.16. The molecule has 0 aliphatic heterocycles. The maximum absolute atomic E-state index is 4.69. The van der Waals surface area contributed by atoms with Gasteiger partial charge in [-0.05, 0) is 50.5 Å². The third-order valence-electron chi connectivity index (χ3n) is 6.29. The molecule has 2 nitrogen and oxygen atoms in total. The van der Waals surface area contributed by atoms with Gasteiger partial charge in [0.05, 0.1) is 11.0 Å². The third kappa shape index (κ3) is 2.49. The first kappa shape index (κ1) is 17.2. The van der Waals surface area contributed by atoms with E-state index in [1.165, 1.54) is 32.3 Å². The first-order valence-corrected chi connectivity index (χ1v) is 10.7. The van der Waals surface area contributed by atoms with Crippen LogP contribution in [0.3, 0.4) is 0 Å². The van der Waals surface area contributed by atoms with E-state index >= 15 is 0 Å². The molecular formula is C30H16N2. The molecule has 0 fully saturated rings. The van der Waals surface area contributed by atoms with Crippen molar-refractivity contribution < 1.29 is 0 Å². The minimum absolute atomic E-state index is 0.901. The van der Waals surface area contributed by atoms with E-state index in [1.807, 2.05) is 18.5 Å². The van der Waals surface area contributed by atoms with Gasteiger partial charge in [-0.25, -0.2) is 0 Å². The van der Waals surface area contributed by atoms with Gasteiger partial charge in [0.15, 0.2) is 0 Å². The molecule has 2 heteroatoms. The Kier molecular flexibility index (Phi) is 3.50. The SMILES string of the molecule is C(#Cc1ccc2ccc3cccc4ccc1c2c34)c1cnc2c(ccc3cccnc32)c1. The van der Waals surface area contributed by atoms with Crippen LogP contribution in [0, 0.1) is 11.8 Å². The number of rotatable bonds is 0. The highest BCUT2D eigenvalue weighted by Gasteiger charge is 2.10. The first-order chi connectivity index (χ1) is 15.8. The third-order valence-corrected chi connectivity index (χ3v) is 6.29. The highest BCUT2D eigenvalue weighted by atomic mass is 14.7. The molecule has 0 aliphatic rings. The molecule has 0 saturated carbocycles. The summed E-state index contributed by atoms with van der Waals surface area (Å²) >= 11 is 0. The topological polar surface area (TPSA) is 25.8 Å². The monoisotopic (exact) mass is 404 g/mol. The van der Waals surface area contributed by atoms with E-state index in [0.717, 1.165) is 32.9 Å². The van der Waals surface area contributed by atoms with Gasteiger partial charge in [0, 0.05) is 34.3 Å². The Bertz CT molecular complexity index is 1870. The zero-order valence-corrected chi connectivity index (χ0v) is 17.1. The zero-order valence-electron chi connectivity index (χ0n) is 17.1. The number of hydrogen-bond acceptors (Lipinski definition) is 2. The van der Waals surface area contributed by atoms with Crippen LogP contribution in [0.2, 0.25) is 0 Å². The van der Waals surface area contributed by atoms with Crippen molar-refractivity contribution in [2.45, 2.75) is 0 Å². The van der Waals surface area contributed by atoms with Gasteiger partial charge in [-0.15, -0.1) is 0 Å². The van der Waals surface area contributed by atoms with Gasteiger partial charge < -0.3 is 0 Å². The Morgan fingerprint density at radius 1 is 0.531 bits per heavy atom. The zero-order chi connectivity index (χ0) is 21.1. The Balaban J connectivity index is 1.40. The van der Waals surface area contributed by atoms with Crippen LogP contribution < -0.4 is 0 Å². The number of pyridine rings is 2. The number of aromatic nitrogens is 2. The minimum Gasteiger partial charge on any atom is -0.254 e. The maximum Gasteiger partial charge on any atom is 0.0965 e. The summed E-state index contributed by atoms with van der Waals surface area (Å²) in [6.07, 6.45) is 3.66. The molecule has 0 amide bonds. The Morgan fingerprint density at radius 2 is 1.22 bits per heavy atom. The van der Waals surface area contributed by atoms with Crippen LogP contribution in [0.5, 0.6) is 0 Å². The average molecular weight is 404 g/mol. The summed E-state index contributed by atoms with van der Waals surface area (Å²) in [5.74, 6) is 6.75. The van der Waals surface area contributed by atoms with Crippen LogP contribution in [0.15, 0.2) is 97.3 Å². The standard InChI is InChI=1S/C30H16N2/c1-3-21-10-11-23-9-8-20(26-15-14-22(4-1)27(21)28(23)26)7-6-19-17-25-13-12-24-5-2-16-31-29(24)30(25)32-18-19/h1-5,8-18H. The Morgan fingerprint density at radius 3 is 2.12 bits per heavy atom. The van der Waals surface area contributed by atoms with Crippen molar-refractivity contribution in [3.05, 3.63) is 108 Å². The van der Waals surface area contributed by atoms with Crippen LogP contribution in [0.1, 0.15) is 11.1 Å². The maximum atomic E-state index is 4.69. The van der Waals surface area contributed by atoms with Gasteiger partial charge in [0.25, 0.3) is 0 Å². The van der Waals surface area contributed by atoms with Crippen molar-refractivity contribution in [2.24, 2.45) is 0 Å². The fourth-order valence-electron chi connectivity index (χ4n) is 4.79. The lowest BCUT2D eigenvalue weighted by atomic mass is 9.92. The van der Waals surface area contributed by atoms with E-state index in [-0.39, 0.29) is 0 Å². The second kappa shape index (κ2) is 6.51. The van der Waals surface area contributed by atoms with Gasteiger partial charge in [-0.2, -0.15) is 0 Å². The van der Waals surface area contributed by atoms with E-state index in [0.29, 0.717) is 0 Å². The molecule has 0 atom stereocenters. The molecule has 2 aromatic heterocycles. The molecular weight excluding hydrogens is 388 g/mol. The highest BCUT2D eigenvalue weighted by Crippen LogP contribution is 2.35. The van der Waals surface area contributed by atoms with E-state index in [4.69, 9.17) is 0 Å². The van der Waals surface area contributed by atoms with Crippen molar-refractivity contribution >= 4 is 54.1 Å². The fraction of sp³-hybridized carbons (Fsp3) is 0. The minimum atomic E-state index is 0.901. The van der Waals surface area contributed by atoms with Crippen LogP contribution in [0.25, 0.3) is 54.1 Å². The molecule has 0 spiro atoms. The molecule has 0 aliphatic carbocycles. The molecule has 0 saturated heterocycles. The molecule has 5 aromatic carbocycles. The van der Waals surface area contributed by atoms with Crippen LogP contribution in [-0.4, -0.2) is 9.97 Å². The summed E-state index contributed by atoms with van der Waals surface area (Å²) in [5, 5.41) is 9.75. The number of nitrogens with zero attached hydrogens (tertiary/aromatic N) is 2. The molecule has 2 heterocycles. The first-order valence-electron chi connectivity index (χ1n) is 10.7.